The Kier molecular flexibility index (Phi) is 7.46. The molecule has 1 aliphatic heterocycles. The third kappa shape index (κ3) is 4.96. The zero-order valence-electron chi connectivity index (χ0n) is 17.9. The molecule has 0 spiro atoms. The number of hydrogen-bond acceptors (Lipinski definition) is 5. The first-order valence-corrected chi connectivity index (χ1v) is 10.0. The zero-order chi connectivity index (χ0) is 22.4. The molecule has 1 fully saturated rings. The summed E-state index contributed by atoms with van der Waals surface area (Å²) >= 11 is 0. The number of nitrogens with one attached hydrogen (secondary N) is 1. The predicted octanol–water partition coefficient (Wildman–Crippen LogP) is 2.46. The van der Waals surface area contributed by atoms with Crippen molar-refractivity contribution < 1.29 is 28.2 Å². The van der Waals surface area contributed by atoms with Gasteiger partial charge in [0.2, 0.25) is 5.91 Å². The number of nitrogens with zero attached hydrogens (tertiary/aromatic N) is 1. The summed E-state index contributed by atoms with van der Waals surface area (Å²) in [4.78, 5) is 27.6. The molecule has 2 amide bonds. The van der Waals surface area contributed by atoms with Gasteiger partial charge < -0.3 is 24.4 Å². The minimum Gasteiger partial charge on any atom is -0.493 e. The lowest BCUT2D eigenvalue weighted by Crippen LogP contribution is -2.37. The van der Waals surface area contributed by atoms with E-state index < -0.39 is 11.7 Å². The molecule has 0 unspecified atom stereocenters. The van der Waals surface area contributed by atoms with Crippen molar-refractivity contribution >= 4 is 11.8 Å². The molecule has 0 bridgehead atoms. The van der Waals surface area contributed by atoms with Gasteiger partial charge in [0.05, 0.1) is 26.7 Å². The topological polar surface area (TPSA) is 77.1 Å². The minimum absolute atomic E-state index is 0.165. The van der Waals surface area contributed by atoms with E-state index in [4.69, 9.17) is 14.2 Å². The quantitative estimate of drug-likeness (QED) is 0.651. The maximum absolute atomic E-state index is 13.3. The number of halogens is 1. The van der Waals surface area contributed by atoms with Crippen molar-refractivity contribution in [1.82, 2.24) is 10.2 Å². The third-order valence-corrected chi connectivity index (χ3v) is 5.47. The van der Waals surface area contributed by atoms with E-state index in [1.165, 1.54) is 24.3 Å². The smallest absolute Gasteiger partial charge is 0.253 e. The first-order valence-electron chi connectivity index (χ1n) is 10.0. The van der Waals surface area contributed by atoms with Gasteiger partial charge in [-0.05, 0) is 30.3 Å². The molecule has 0 aliphatic carbocycles. The average molecular weight is 430 g/mol. The van der Waals surface area contributed by atoms with Crippen molar-refractivity contribution in [2.24, 2.45) is 5.92 Å². The summed E-state index contributed by atoms with van der Waals surface area (Å²) in [6, 6.07) is 10.9. The molecule has 7 nitrogen and oxygen atoms in total. The van der Waals surface area contributed by atoms with E-state index in [1.807, 2.05) is 12.1 Å². The van der Waals surface area contributed by atoms with Gasteiger partial charge in [-0.1, -0.05) is 12.1 Å². The molecule has 166 valence electrons. The van der Waals surface area contributed by atoms with E-state index in [1.54, 1.807) is 32.3 Å². The van der Waals surface area contributed by atoms with E-state index in [2.05, 4.69) is 5.32 Å². The molecule has 2 aromatic rings. The standard InChI is InChI=1S/C23H27FN2O5/c1-29-12-11-25-22(27)19-14-26(23(28)15-7-9-16(24)10-8-15)13-18(19)17-5-4-6-20(30-2)21(17)31-3/h4-10,18-19H,11-14H2,1-3H3,(H,25,27)/t18-,19+/m0/s1. The molecule has 1 N–H and O–H groups in total. The van der Waals surface area contributed by atoms with E-state index in [0.717, 1.165) is 5.56 Å². The second kappa shape index (κ2) is 10.3. The Bertz CT molecular complexity index is 919. The lowest BCUT2D eigenvalue weighted by atomic mass is 9.87. The van der Waals surface area contributed by atoms with Crippen LogP contribution in [0.2, 0.25) is 0 Å². The lowest BCUT2D eigenvalue weighted by Gasteiger charge is -2.21. The molecule has 1 saturated heterocycles. The number of benzene rings is 2. The monoisotopic (exact) mass is 430 g/mol. The number of rotatable bonds is 8. The summed E-state index contributed by atoms with van der Waals surface area (Å²) in [7, 11) is 4.66. The number of carbonyl (C=O) groups is 2. The fourth-order valence-electron chi connectivity index (χ4n) is 3.94. The number of ether oxygens (including phenoxy) is 3. The van der Waals surface area contributed by atoms with Crippen LogP contribution in [-0.2, 0) is 9.53 Å². The largest absolute Gasteiger partial charge is 0.493 e. The maximum atomic E-state index is 13.3. The number of carbonyl (C=O) groups excluding carboxylic acids is 2. The highest BCUT2D eigenvalue weighted by atomic mass is 19.1. The maximum Gasteiger partial charge on any atom is 0.253 e. The van der Waals surface area contributed by atoms with Gasteiger partial charge in [-0.3, -0.25) is 9.59 Å². The summed E-state index contributed by atoms with van der Waals surface area (Å²) < 4.78 is 29.3. The molecule has 3 rings (SSSR count). The highest BCUT2D eigenvalue weighted by Crippen LogP contribution is 2.42. The zero-order valence-corrected chi connectivity index (χ0v) is 17.9. The summed E-state index contributed by atoms with van der Waals surface area (Å²) in [6.45, 7) is 1.33. The van der Waals surface area contributed by atoms with E-state index in [9.17, 15) is 14.0 Å². The Morgan fingerprint density at radius 3 is 2.45 bits per heavy atom. The summed E-state index contributed by atoms with van der Waals surface area (Å²) in [5.74, 6) is -0.505. The second-order valence-electron chi connectivity index (χ2n) is 7.30. The molecule has 0 aromatic heterocycles. The van der Waals surface area contributed by atoms with E-state index in [-0.39, 0.29) is 24.3 Å². The molecular weight excluding hydrogens is 403 g/mol. The molecule has 31 heavy (non-hydrogen) atoms. The molecule has 8 heteroatoms. The Hall–Kier alpha value is -3.13. The Morgan fingerprint density at radius 2 is 1.81 bits per heavy atom. The van der Waals surface area contributed by atoms with Crippen LogP contribution in [-0.4, -0.2) is 64.3 Å². The van der Waals surface area contributed by atoms with Crippen LogP contribution in [0, 0.1) is 11.7 Å². The number of methoxy groups -OCH3 is 3. The van der Waals surface area contributed by atoms with Gasteiger partial charge >= 0.3 is 0 Å². The Labute approximate surface area is 181 Å². The van der Waals surface area contributed by atoms with Gasteiger partial charge in [-0.2, -0.15) is 0 Å². The normalized spacial score (nSPS) is 18.0. The first kappa shape index (κ1) is 22.6. The summed E-state index contributed by atoms with van der Waals surface area (Å²) in [6.07, 6.45) is 0. The van der Waals surface area contributed by atoms with Crippen LogP contribution in [0.15, 0.2) is 42.5 Å². The van der Waals surface area contributed by atoms with Gasteiger partial charge in [0, 0.05) is 43.8 Å². The number of para-hydroxylation sites is 1. The van der Waals surface area contributed by atoms with Crippen LogP contribution in [0.25, 0.3) is 0 Å². The van der Waals surface area contributed by atoms with Crippen LogP contribution in [0.1, 0.15) is 21.8 Å². The molecular formula is C23H27FN2O5. The number of hydrogen-bond donors (Lipinski definition) is 1. The van der Waals surface area contributed by atoms with Crippen molar-refractivity contribution in [3.63, 3.8) is 0 Å². The van der Waals surface area contributed by atoms with Crippen LogP contribution >= 0.6 is 0 Å². The van der Waals surface area contributed by atoms with Crippen molar-refractivity contribution in [1.29, 1.82) is 0 Å². The molecule has 1 aliphatic rings. The lowest BCUT2D eigenvalue weighted by molar-refractivity contribution is -0.125. The predicted molar refractivity (Wildman–Crippen MR) is 113 cm³/mol. The van der Waals surface area contributed by atoms with Gasteiger partial charge in [0.1, 0.15) is 5.82 Å². The van der Waals surface area contributed by atoms with Crippen molar-refractivity contribution in [3.05, 3.63) is 59.4 Å². The molecule has 0 saturated carbocycles. The minimum atomic E-state index is -0.484. The van der Waals surface area contributed by atoms with E-state index in [0.29, 0.717) is 36.8 Å². The highest BCUT2D eigenvalue weighted by molar-refractivity contribution is 5.95. The van der Waals surface area contributed by atoms with Crippen LogP contribution in [0.4, 0.5) is 4.39 Å². The highest BCUT2D eigenvalue weighted by Gasteiger charge is 2.42. The van der Waals surface area contributed by atoms with Gasteiger partial charge in [0.15, 0.2) is 11.5 Å². The summed E-state index contributed by atoms with van der Waals surface area (Å²) in [5.41, 5.74) is 1.17. The third-order valence-electron chi connectivity index (χ3n) is 5.47. The molecule has 2 atom stereocenters. The first-order chi connectivity index (χ1) is 15.0. The van der Waals surface area contributed by atoms with Gasteiger partial charge in [0.25, 0.3) is 5.91 Å². The van der Waals surface area contributed by atoms with Crippen molar-refractivity contribution in [3.8, 4) is 11.5 Å². The van der Waals surface area contributed by atoms with Crippen molar-refractivity contribution in [2.45, 2.75) is 5.92 Å². The number of likely N-dealkylation sites (tertiary alicyclic amines) is 1. The van der Waals surface area contributed by atoms with Gasteiger partial charge in [-0.15, -0.1) is 0 Å². The Morgan fingerprint density at radius 1 is 1.06 bits per heavy atom. The summed E-state index contributed by atoms with van der Waals surface area (Å²) in [5, 5.41) is 2.87. The molecule has 1 heterocycles. The van der Waals surface area contributed by atoms with Crippen LogP contribution in [0.3, 0.4) is 0 Å². The molecule has 2 aromatic carbocycles. The second-order valence-corrected chi connectivity index (χ2v) is 7.30. The van der Waals surface area contributed by atoms with Crippen molar-refractivity contribution in [2.75, 3.05) is 47.6 Å². The number of amides is 2. The molecule has 0 radical (unpaired) electrons. The fourth-order valence-corrected chi connectivity index (χ4v) is 3.94. The fraction of sp³-hybridized carbons (Fsp3) is 0.391. The van der Waals surface area contributed by atoms with Crippen LogP contribution in [0.5, 0.6) is 11.5 Å². The van der Waals surface area contributed by atoms with E-state index >= 15 is 0 Å². The Balaban J connectivity index is 1.91. The average Bonchev–Trinajstić information content (AvgIpc) is 3.24. The van der Waals surface area contributed by atoms with Crippen LogP contribution < -0.4 is 14.8 Å². The van der Waals surface area contributed by atoms with Gasteiger partial charge in [-0.25, -0.2) is 4.39 Å². The SMILES string of the molecule is COCCNC(=O)[C@@H]1CN(C(=O)c2ccc(F)cc2)C[C@H]1c1cccc(OC)c1OC.